The van der Waals surface area contributed by atoms with E-state index in [1.807, 2.05) is 32.9 Å². The first kappa shape index (κ1) is 15.5. The average molecular weight is 316 g/mol. The Bertz CT molecular complexity index is 690. The van der Waals surface area contributed by atoms with Crippen molar-refractivity contribution in [3.63, 3.8) is 0 Å². The normalized spacial score (nSPS) is 21.3. The van der Waals surface area contributed by atoms with Crippen molar-refractivity contribution in [1.82, 2.24) is 10.2 Å². The Hall–Kier alpha value is -2.37. The van der Waals surface area contributed by atoms with Gasteiger partial charge in [-0.25, -0.2) is 0 Å². The van der Waals surface area contributed by atoms with Gasteiger partial charge in [-0.2, -0.15) is 0 Å². The molecule has 2 heterocycles. The van der Waals surface area contributed by atoms with Gasteiger partial charge in [0.25, 0.3) is 5.91 Å². The molecule has 1 aromatic rings. The van der Waals surface area contributed by atoms with Crippen LogP contribution in [0, 0.1) is 0 Å². The molecule has 1 aromatic carbocycles. The van der Waals surface area contributed by atoms with Crippen LogP contribution >= 0.6 is 0 Å². The van der Waals surface area contributed by atoms with Crippen LogP contribution in [-0.2, 0) is 16.1 Å². The van der Waals surface area contributed by atoms with Crippen LogP contribution < -0.4 is 10.1 Å². The van der Waals surface area contributed by atoms with E-state index in [1.165, 1.54) is 4.90 Å². The second kappa shape index (κ2) is 5.37. The molecule has 1 unspecified atom stereocenters. The SMILES string of the molecule is CC(C)(C)Oc1ccc2c(c1)C(=O)N(C1CCC(=O)NC1=O)C2. The minimum atomic E-state index is -0.584. The molecule has 0 aliphatic carbocycles. The number of nitrogens with one attached hydrogen (secondary N) is 1. The number of amides is 3. The summed E-state index contributed by atoms with van der Waals surface area (Å²) in [6.45, 7) is 6.21. The summed E-state index contributed by atoms with van der Waals surface area (Å²) in [5, 5.41) is 2.30. The van der Waals surface area contributed by atoms with E-state index in [-0.39, 0.29) is 23.8 Å². The summed E-state index contributed by atoms with van der Waals surface area (Å²) in [4.78, 5) is 37.4. The highest BCUT2D eigenvalue weighted by atomic mass is 16.5. The van der Waals surface area contributed by atoms with Gasteiger partial charge in [-0.15, -0.1) is 0 Å². The van der Waals surface area contributed by atoms with Gasteiger partial charge in [-0.3, -0.25) is 19.7 Å². The largest absolute Gasteiger partial charge is 0.488 e. The number of imide groups is 1. The van der Waals surface area contributed by atoms with Crippen LogP contribution in [0.4, 0.5) is 0 Å². The van der Waals surface area contributed by atoms with Crippen molar-refractivity contribution < 1.29 is 19.1 Å². The molecule has 0 radical (unpaired) electrons. The lowest BCUT2D eigenvalue weighted by molar-refractivity contribution is -0.136. The van der Waals surface area contributed by atoms with E-state index in [9.17, 15) is 14.4 Å². The zero-order chi connectivity index (χ0) is 16.8. The smallest absolute Gasteiger partial charge is 0.255 e. The average Bonchev–Trinajstić information content (AvgIpc) is 2.74. The minimum absolute atomic E-state index is 0.186. The van der Waals surface area contributed by atoms with Gasteiger partial charge in [0.1, 0.15) is 17.4 Å². The second-order valence-corrected chi connectivity index (χ2v) is 6.93. The first-order valence-corrected chi connectivity index (χ1v) is 7.71. The number of carbonyl (C=O) groups is 3. The number of piperidine rings is 1. The van der Waals surface area contributed by atoms with Crippen LogP contribution in [0.1, 0.15) is 49.5 Å². The van der Waals surface area contributed by atoms with Gasteiger partial charge in [0.05, 0.1) is 0 Å². The van der Waals surface area contributed by atoms with Crippen molar-refractivity contribution in [3.8, 4) is 5.75 Å². The number of nitrogens with zero attached hydrogens (tertiary/aromatic N) is 1. The van der Waals surface area contributed by atoms with Gasteiger partial charge in [0.15, 0.2) is 0 Å². The Morgan fingerprint density at radius 1 is 1.22 bits per heavy atom. The van der Waals surface area contributed by atoms with E-state index >= 15 is 0 Å². The summed E-state index contributed by atoms with van der Waals surface area (Å²) < 4.78 is 5.80. The molecule has 1 saturated heterocycles. The molecule has 6 heteroatoms. The van der Waals surface area contributed by atoms with E-state index in [4.69, 9.17) is 4.74 Å². The van der Waals surface area contributed by atoms with Crippen molar-refractivity contribution in [2.24, 2.45) is 0 Å². The number of ether oxygens (including phenoxy) is 1. The van der Waals surface area contributed by atoms with E-state index < -0.39 is 11.9 Å². The van der Waals surface area contributed by atoms with Crippen LogP contribution in [0.15, 0.2) is 18.2 Å². The predicted octanol–water partition coefficient (Wildman–Crippen LogP) is 1.62. The topological polar surface area (TPSA) is 75.7 Å². The van der Waals surface area contributed by atoms with Crippen molar-refractivity contribution in [2.75, 3.05) is 0 Å². The molecule has 23 heavy (non-hydrogen) atoms. The Morgan fingerprint density at radius 2 is 1.96 bits per heavy atom. The molecule has 3 rings (SSSR count). The zero-order valence-corrected chi connectivity index (χ0v) is 13.5. The number of hydrogen-bond acceptors (Lipinski definition) is 4. The fourth-order valence-electron chi connectivity index (χ4n) is 2.95. The molecule has 6 nitrogen and oxygen atoms in total. The van der Waals surface area contributed by atoms with Crippen molar-refractivity contribution >= 4 is 17.7 Å². The van der Waals surface area contributed by atoms with E-state index in [2.05, 4.69) is 5.32 Å². The van der Waals surface area contributed by atoms with E-state index in [0.29, 0.717) is 24.3 Å². The Labute approximate surface area is 134 Å². The first-order valence-electron chi connectivity index (χ1n) is 7.71. The highest BCUT2D eigenvalue weighted by molar-refractivity contribution is 6.05. The van der Waals surface area contributed by atoms with E-state index in [0.717, 1.165) is 5.56 Å². The van der Waals surface area contributed by atoms with Gasteiger partial charge in [-0.1, -0.05) is 6.07 Å². The lowest BCUT2D eigenvalue weighted by Gasteiger charge is -2.29. The monoisotopic (exact) mass is 316 g/mol. The molecule has 0 saturated carbocycles. The lowest BCUT2D eigenvalue weighted by atomic mass is 10.0. The summed E-state index contributed by atoms with van der Waals surface area (Å²) in [6, 6.07) is 4.85. The van der Waals surface area contributed by atoms with Gasteiger partial charge < -0.3 is 9.64 Å². The van der Waals surface area contributed by atoms with Crippen molar-refractivity contribution in [1.29, 1.82) is 0 Å². The van der Waals surface area contributed by atoms with Gasteiger partial charge in [0, 0.05) is 18.5 Å². The summed E-state index contributed by atoms with van der Waals surface area (Å²) in [6.07, 6.45) is 0.630. The maximum absolute atomic E-state index is 12.6. The molecule has 0 bridgehead atoms. The Morgan fingerprint density at radius 3 is 2.61 bits per heavy atom. The predicted molar refractivity (Wildman–Crippen MR) is 82.9 cm³/mol. The fraction of sp³-hybridized carbons (Fsp3) is 0.471. The second-order valence-electron chi connectivity index (χ2n) is 6.93. The number of carbonyl (C=O) groups excluding carboxylic acids is 3. The van der Waals surface area contributed by atoms with Crippen LogP contribution in [0.2, 0.25) is 0 Å². The third kappa shape index (κ3) is 3.06. The molecule has 1 atom stereocenters. The molecule has 0 spiro atoms. The van der Waals surface area contributed by atoms with Crippen LogP contribution in [0.3, 0.4) is 0 Å². The maximum Gasteiger partial charge on any atom is 0.255 e. The van der Waals surface area contributed by atoms with Crippen molar-refractivity contribution in [2.45, 2.75) is 51.8 Å². The zero-order valence-electron chi connectivity index (χ0n) is 13.5. The third-order valence-corrected chi connectivity index (χ3v) is 3.92. The molecule has 0 aromatic heterocycles. The molecule has 2 aliphatic heterocycles. The summed E-state index contributed by atoms with van der Waals surface area (Å²) in [5.41, 5.74) is 1.09. The molecule has 1 N–H and O–H groups in total. The highest BCUT2D eigenvalue weighted by Crippen LogP contribution is 2.31. The minimum Gasteiger partial charge on any atom is -0.488 e. The quantitative estimate of drug-likeness (QED) is 0.841. The molecule has 1 fully saturated rings. The standard InChI is InChI=1S/C17H20N2O4/c1-17(2,3)23-11-5-4-10-9-19(16(22)12(10)8-11)13-6-7-14(20)18-15(13)21/h4-5,8,13H,6-7,9H2,1-3H3,(H,18,20,21). The van der Waals surface area contributed by atoms with E-state index in [1.54, 1.807) is 6.07 Å². The Balaban J connectivity index is 1.82. The van der Waals surface area contributed by atoms with Crippen LogP contribution in [-0.4, -0.2) is 34.3 Å². The van der Waals surface area contributed by atoms with Gasteiger partial charge >= 0.3 is 0 Å². The third-order valence-electron chi connectivity index (χ3n) is 3.92. The molecular weight excluding hydrogens is 296 g/mol. The molecule has 122 valence electrons. The lowest BCUT2D eigenvalue weighted by Crippen LogP contribution is -2.52. The number of benzene rings is 1. The maximum atomic E-state index is 12.6. The van der Waals surface area contributed by atoms with Gasteiger partial charge in [-0.05, 0) is 44.9 Å². The van der Waals surface area contributed by atoms with Crippen LogP contribution in [0.25, 0.3) is 0 Å². The first-order chi connectivity index (χ1) is 10.7. The fourth-order valence-corrected chi connectivity index (χ4v) is 2.95. The number of fused-ring (bicyclic) bond motifs is 1. The number of rotatable bonds is 2. The number of hydrogen-bond donors (Lipinski definition) is 1. The Kier molecular flexibility index (Phi) is 3.62. The van der Waals surface area contributed by atoms with Crippen LogP contribution in [0.5, 0.6) is 5.75 Å². The van der Waals surface area contributed by atoms with Gasteiger partial charge in [0.2, 0.25) is 11.8 Å². The molecule has 2 aliphatic rings. The summed E-state index contributed by atoms with van der Waals surface area (Å²) in [7, 11) is 0. The molecular formula is C17H20N2O4. The summed E-state index contributed by atoms with van der Waals surface area (Å²) >= 11 is 0. The summed E-state index contributed by atoms with van der Waals surface area (Å²) in [5.74, 6) is -0.228. The highest BCUT2D eigenvalue weighted by Gasteiger charge is 2.39. The van der Waals surface area contributed by atoms with Crippen molar-refractivity contribution in [3.05, 3.63) is 29.3 Å². The molecule has 3 amide bonds.